The number of hydrogen-bond donors (Lipinski definition) is 2. The number of anilines is 2. The Bertz CT molecular complexity index is 1070. The van der Waals surface area contributed by atoms with Gasteiger partial charge in [0.05, 0.1) is 16.3 Å². The second-order valence-corrected chi connectivity index (χ2v) is 10.5. The molecule has 0 aromatic heterocycles. The highest BCUT2D eigenvalue weighted by Crippen LogP contribution is 2.33. The van der Waals surface area contributed by atoms with E-state index in [1.54, 1.807) is 31.2 Å². The van der Waals surface area contributed by atoms with Crippen molar-refractivity contribution in [2.45, 2.75) is 30.1 Å². The quantitative estimate of drug-likeness (QED) is 0.711. The smallest absolute Gasteiger partial charge is 0.228 e. The van der Waals surface area contributed by atoms with Gasteiger partial charge >= 0.3 is 0 Å². The largest absolute Gasteiger partial charge is 0.326 e. The number of carbonyl (C=O) groups is 2. The predicted octanol–water partition coefficient (Wildman–Crippen LogP) is 4.13. The number of aryl methyl sites for hydroxylation is 1. The number of thioether (sulfide) groups is 1. The number of nitrogens with one attached hydrogen (secondary N) is 2. The number of hydrogen-bond acceptors (Lipinski definition) is 5. The Morgan fingerprint density at radius 3 is 2.76 bits per heavy atom. The summed E-state index contributed by atoms with van der Waals surface area (Å²) in [7, 11) is -3.72. The van der Waals surface area contributed by atoms with Gasteiger partial charge in [0.25, 0.3) is 0 Å². The molecular weight excluding hydrogens is 432 g/mol. The minimum absolute atomic E-state index is 0.0846. The normalized spacial score (nSPS) is 15.1. The monoisotopic (exact) mass is 452 g/mol. The first-order chi connectivity index (χ1) is 13.7. The SMILES string of the molecule is Cc1cc(Cl)ccc1NC(=O)C(C)CS(=O)(=O)c1ccc2c(c1)NC(=O)CCS2. The Hall–Kier alpha value is -2.03. The van der Waals surface area contributed by atoms with E-state index < -0.39 is 21.7 Å². The molecule has 2 aromatic carbocycles. The van der Waals surface area contributed by atoms with E-state index in [-0.39, 0.29) is 16.6 Å². The third-order valence-corrected chi connectivity index (χ3v) is 7.76. The molecule has 2 aromatic rings. The fourth-order valence-corrected chi connectivity index (χ4v) is 5.66. The van der Waals surface area contributed by atoms with Crippen molar-refractivity contribution in [1.82, 2.24) is 0 Å². The van der Waals surface area contributed by atoms with Gasteiger partial charge in [-0.25, -0.2) is 8.42 Å². The molecule has 1 aliphatic rings. The van der Waals surface area contributed by atoms with Crippen molar-refractivity contribution >= 4 is 56.4 Å². The fraction of sp³-hybridized carbons (Fsp3) is 0.300. The highest BCUT2D eigenvalue weighted by atomic mass is 35.5. The summed E-state index contributed by atoms with van der Waals surface area (Å²) in [6.07, 6.45) is 0.378. The third kappa shape index (κ3) is 5.32. The average Bonchev–Trinajstić information content (AvgIpc) is 2.83. The molecule has 2 N–H and O–H groups in total. The Morgan fingerprint density at radius 1 is 1.28 bits per heavy atom. The minimum atomic E-state index is -3.72. The fourth-order valence-electron chi connectivity index (χ4n) is 2.92. The van der Waals surface area contributed by atoms with E-state index in [2.05, 4.69) is 10.6 Å². The van der Waals surface area contributed by atoms with Crippen molar-refractivity contribution in [3.05, 3.63) is 47.0 Å². The zero-order valence-corrected chi connectivity index (χ0v) is 18.4. The number of amides is 2. The molecule has 1 atom stereocenters. The Kier molecular flexibility index (Phi) is 6.55. The highest BCUT2D eigenvalue weighted by Gasteiger charge is 2.25. The molecule has 1 unspecified atom stereocenters. The molecule has 0 fully saturated rings. The molecule has 1 heterocycles. The van der Waals surface area contributed by atoms with Crippen LogP contribution in [0, 0.1) is 12.8 Å². The third-order valence-electron chi connectivity index (χ3n) is 4.53. The van der Waals surface area contributed by atoms with Crippen LogP contribution in [-0.4, -0.2) is 31.7 Å². The van der Waals surface area contributed by atoms with Gasteiger partial charge in [-0.1, -0.05) is 18.5 Å². The maximum absolute atomic E-state index is 12.8. The summed E-state index contributed by atoms with van der Waals surface area (Å²) < 4.78 is 25.7. The molecule has 0 saturated heterocycles. The van der Waals surface area contributed by atoms with Crippen molar-refractivity contribution in [2.24, 2.45) is 5.92 Å². The zero-order chi connectivity index (χ0) is 21.2. The van der Waals surface area contributed by atoms with E-state index >= 15 is 0 Å². The molecule has 0 radical (unpaired) electrons. The van der Waals surface area contributed by atoms with E-state index in [9.17, 15) is 18.0 Å². The Balaban J connectivity index is 1.74. The van der Waals surface area contributed by atoms with Crippen LogP contribution < -0.4 is 10.6 Å². The summed E-state index contributed by atoms with van der Waals surface area (Å²) in [4.78, 5) is 25.2. The molecule has 9 heteroatoms. The first kappa shape index (κ1) is 21.7. The number of fused-ring (bicyclic) bond motifs is 1. The van der Waals surface area contributed by atoms with Gasteiger partial charge in [-0.15, -0.1) is 11.8 Å². The van der Waals surface area contributed by atoms with Gasteiger partial charge in [-0.3, -0.25) is 9.59 Å². The Labute approximate surface area is 179 Å². The van der Waals surface area contributed by atoms with Crippen molar-refractivity contribution in [3.8, 4) is 0 Å². The molecule has 2 amide bonds. The van der Waals surface area contributed by atoms with Gasteiger partial charge in [0.15, 0.2) is 9.84 Å². The summed E-state index contributed by atoms with van der Waals surface area (Å²) >= 11 is 7.42. The lowest BCUT2D eigenvalue weighted by atomic mass is 10.1. The van der Waals surface area contributed by atoms with Crippen molar-refractivity contribution < 1.29 is 18.0 Å². The summed E-state index contributed by atoms with van der Waals surface area (Å²) in [5, 5.41) is 6.05. The summed E-state index contributed by atoms with van der Waals surface area (Å²) in [6, 6.07) is 9.75. The van der Waals surface area contributed by atoms with Gasteiger partial charge in [-0.2, -0.15) is 0 Å². The van der Waals surface area contributed by atoms with Gasteiger partial charge in [-0.05, 0) is 48.9 Å². The first-order valence-corrected chi connectivity index (χ1v) is 12.0. The standard InChI is InChI=1S/C20H21ClN2O4S2/c1-12-9-14(21)3-5-16(12)23-20(25)13(2)11-29(26,27)15-4-6-18-17(10-15)22-19(24)7-8-28-18/h3-6,9-10,13H,7-8,11H2,1-2H3,(H,22,24)(H,23,25). The highest BCUT2D eigenvalue weighted by molar-refractivity contribution is 7.99. The van der Waals surface area contributed by atoms with E-state index in [0.29, 0.717) is 28.6 Å². The second kappa shape index (κ2) is 8.77. The molecule has 154 valence electrons. The first-order valence-electron chi connectivity index (χ1n) is 9.02. The average molecular weight is 453 g/mol. The van der Waals surface area contributed by atoms with Crippen LogP contribution in [0.2, 0.25) is 5.02 Å². The second-order valence-electron chi connectivity index (χ2n) is 6.94. The molecule has 0 aliphatic carbocycles. The van der Waals surface area contributed by atoms with E-state index in [1.807, 2.05) is 6.92 Å². The van der Waals surface area contributed by atoms with Gasteiger partial charge in [0.1, 0.15) is 0 Å². The van der Waals surface area contributed by atoms with Crippen LogP contribution in [0.15, 0.2) is 46.2 Å². The van der Waals surface area contributed by atoms with Gasteiger partial charge < -0.3 is 10.6 Å². The van der Waals surface area contributed by atoms with Crippen LogP contribution in [0.3, 0.4) is 0 Å². The van der Waals surface area contributed by atoms with Crippen molar-refractivity contribution in [1.29, 1.82) is 0 Å². The molecular formula is C20H21ClN2O4S2. The van der Waals surface area contributed by atoms with Gasteiger partial charge in [0, 0.05) is 33.7 Å². The summed E-state index contributed by atoms with van der Waals surface area (Å²) in [5.74, 6) is -0.996. The Morgan fingerprint density at radius 2 is 2.03 bits per heavy atom. The van der Waals surface area contributed by atoms with E-state index in [1.165, 1.54) is 23.9 Å². The lowest BCUT2D eigenvalue weighted by molar-refractivity contribution is -0.119. The molecule has 1 aliphatic heterocycles. The van der Waals surface area contributed by atoms with Crippen LogP contribution in [0.1, 0.15) is 18.9 Å². The van der Waals surface area contributed by atoms with Crippen molar-refractivity contribution in [2.75, 3.05) is 22.1 Å². The number of halogens is 1. The zero-order valence-electron chi connectivity index (χ0n) is 16.0. The minimum Gasteiger partial charge on any atom is -0.326 e. The number of sulfone groups is 1. The number of carbonyl (C=O) groups excluding carboxylic acids is 2. The lowest BCUT2D eigenvalue weighted by Gasteiger charge is -2.15. The van der Waals surface area contributed by atoms with Crippen LogP contribution in [-0.2, 0) is 19.4 Å². The topological polar surface area (TPSA) is 92.3 Å². The summed E-state index contributed by atoms with van der Waals surface area (Å²) in [6.45, 7) is 3.38. The predicted molar refractivity (Wildman–Crippen MR) is 116 cm³/mol. The molecule has 3 rings (SSSR count). The van der Waals surface area contributed by atoms with Gasteiger partial charge in [0.2, 0.25) is 11.8 Å². The van der Waals surface area contributed by atoms with Crippen LogP contribution in [0.4, 0.5) is 11.4 Å². The lowest BCUT2D eigenvalue weighted by Crippen LogP contribution is -2.27. The molecule has 0 spiro atoms. The number of benzene rings is 2. The maximum Gasteiger partial charge on any atom is 0.228 e. The van der Waals surface area contributed by atoms with Crippen LogP contribution in [0.25, 0.3) is 0 Å². The van der Waals surface area contributed by atoms with E-state index in [4.69, 9.17) is 11.6 Å². The maximum atomic E-state index is 12.8. The van der Waals surface area contributed by atoms with Crippen molar-refractivity contribution in [3.63, 3.8) is 0 Å². The van der Waals surface area contributed by atoms with E-state index in [0.717, 1.165) is 10.5 Å². The molecule has 6 nitrogen and oxygen atoms in total. The number of rotatable bonds is 5. The molecule has 29 heavy (non-hydrogen) atoms. The molecule has 0 saturated carbocycles. The summed E-state index contributed by atoms with van der Waals surface area (Å²) in [5.41, 5.74) is 1.88. The van der Waals surface area contributed by atoms with Crippen LogP contribution in [0.5, 0.6) is 0 Å². The van der Waals surface area contributed by atoms with Crippen LogP contribution >= 0.6 is 23.4 Å². The molecule has 0 bridgehead atoms.